The maximum absolute atomic E-state index is 10.8. The molecule has 2 rings (SSSR count). The van der Waals surface area contributed by atoms with Crippen molar-refractivity contribution in [3.8, 4) is 5.75 Å². The van der Waals surface area contributed by atoms with Crippen molar-refractivity contribution >= 4 is 22.0 Å². The van der Waals surface area contributed by atoms with Gasteiger partial charge in [0.15, 0.2) is 0 Å². The monoisotopic (exact) mass is 309 g/mol. The van der Waals surface area contributed by atoms with Gasteiger partial charge >= 0.3 is 0 Å². The molecule has 0 bridgehead atoms. The topological polar surface area (TPSA) is 38.7 Å². The lowest BCUT2D eigenvalue weighted by Gasteiger charge is -2.25. The Labute approximate surface area is 115 Å². The van der Waals surface area contributed by atoms with Gasteiger partial charge in [-0.15, -0.1) is 0 Å². The van der Waals surface area contributed by atoms with E-state index in [9.17, 15) is 4.79 Å². The van der Waals surface area contributed by atoms with Crippen LogP contribution in [0.1, 0.15) is 36.8 Å². The third kappa shape index (κ3) is 2.23. The van der Waals surface area contributed by atoms with Crippen molar-refractivity contribution in [2.45, 2.75) is 38.1 Å². The highest BCUT2D eigenvalue weighted by atomic mass is 79.9. The molecule has 0 aliphatic heterocycles. The number of isocyanates is 1. The van der Waals surface area contributed by atoms with Crippen molar-refractivity contribution in [2.24, 2.45) is 4.99 Å². The van der Waals surface area contributed by atoms with Crippen LogP contribution in [0, 0.1) is 6.92 Å². The number of rotatable bonds is 3. The van der Waals surface area contributed by atoms with Crippen molar-refractivity contribution in [2.75, 3.05) is 7.11 Å². The number of aliphatic imine (C=N–C) groups is 1. The number of hydrogen-bond donors (Lipinski definition) is 0. The summed E-state index contributed by atoms with van der Waals surface area (Å²) in [6.07, 6.45) is 5.72. The van der Waals surface area contributed by atoms with Crippen LogP contribution >= 0.6 is 15.9 Å². The molecule has 18 heavy (non-hydrogen) atoms. The van der Waals surface area contributed by atoms with E-state index in [0.29, 0.717) is 0 Å². The molecule has 96 valence electrons. The quantitative estimate of drug-likeness (QED) is 0.628. The van der Waals surface area contributed by atoms with Crippen LogP contribution in [0.5, 0.6) is 5.75 Å². The summed E-state index contributed by atoms with van der Waals surface area (Å²) in [5.74, 6) is 0.804. The Hall–Kier alpha value is -1.12. The molecule has 1 aromatic rings. The predicted molar refractivity (Wildman–Crippen MR) is 73.7 cm³/mol. The van der Waals surface area contributed by atoms with Crippen molar-refractivity contribution in [3.63, 3.8) is 0 Å². The zero-order chi connectivity index (χ0) is 13.2. The van der Waals surface area contributed by atoms with Crippen molar-refractivity contribution in [1.29, 1.82) is 0 Å². The van der Waals surface area contributed by atoms with E-state index < -0.39 is 5.54 Å². The minimum Gasteiger partial charge on any atom is -0.497 e. The van der Waals surface area contributed by atoms with E-state index in [0.717, 1.165) is 47.0 Å². The molecule has 1 aromatic carbocycles. The molecule has 1 aliphatic carbocycles. The molecular formula is C14H16BrNO2. The molecule has 0 unspecified atom stereocenters. The van der Waals surface area contributed by atoms with Gasteiger partial charge in [-0.05, 0) is 43.0 Å². The second kappa shape index (κ2) is 5.25. The van der Waals surface area contributed by atoms with Gasteiger partial charge in [-0.1, -0.05) is 28.8 Å². The van der Waals surface area contributed by atoms with Crippen molar-refractivity contribution in [1.82, 2.24) is 0 Å². The third-order valence-corrected chi connectivity index (χ3v) is 4.71. The zero-order valence-corrected chi connectivity index (χ0v) is 12.2. The molecule has 0 heterocycles. The first-order valence-corrected chi connectivity index (χ1v) is 6.86. The van der Waals surface area contributed by atoms with Gasteiger partial charge in [0.25, 0.3) is 0 Å². The van der Waals surface area contributed by atoms with Crippen LogP contribution in [-0.2, 0) is 10.3 Å². The third-order valence-electron chi connectivity index (χ3n) is 3.66. The van der Waals surface area contributed by atoms with Crippen molar-refractivity contribution in [3.05, 3.63) is 27.7 Å². The fourth-order valence-electron chi connectivity index (χ4n) is 2.68. The lowest BCUT2D eigenvalue weighted by molar-refractivity contribution is 0.407. The van der Waals surface area contributed by atoms with Gasteiger partial charge in [-0.3, -0.25) is 0 Å². The van der Waals surface area contributed by atoms with E-state index in [2.05, 4.69) is 20.9 Å². The van der Waals surface area contributed by atoms with Gasteiger partial charge in [0, 0.05) is 4.47 Å². The molecule has 0 radical (unpaired) electrons. The summed E-state index contributed by atoms with van der Waals surface area (Å²) in [7, 11) is 1.65. The fraction of sp³-hybridized carbons (Fsp3) is 0.500. The Bertz CT molecular complexity index is 501. The largest absolute Gasteiger partial charge is 0.497 e. The molecule has 0 atom stereocenters. The maximum Gasteiger partial charge on any atom is 0.235 e. The lowest BCUT2D eigenvalue weighted by atomic mass is 9.88. The van der Waals surface area contributed by atoms with Crippen LogP contribution in [0.4, 0.5) is 0 Å². The van der Waals surface area contributed by atoms with Crippen LogP contribution < -0.4 is 4.74 Å². The number of nitrogens with zero attached hydrogens (tertiary/aromatic N) is 1. The molecule has 0 spiro atoms. The van der Waals surface area contributed by atoms with Gasteiger partial charge in [0.2, 0.25) is 6.08 Å². The van der Waals surface area contributed by atoms with E-state index in [1.165, 1.54) is 0 Å². The van der Waals surface area contributed by atoms with E-state index in [-0.39, 0.29) is 0 Å². The van der Waals surface area contributed by atoms with Gasteiger partial charge in [-0.2, -0.15) is 4.99 Å². The molecule has 1 fully saturated rings. The van der Waals surface area contributed by atoms with Crippen LogP contribution in [0.15, 0.2) is 21.6 Å². The van der Waals surface area contributed by atoms with Gasteiger partial charge < -0.3 is 4.74 Å². The first-order chi connectivity index (χ1) is 8.63. The Balaban J connectivity index is 2.60. The highest BCUT2D eigenvalue weighted by Crippen LogP contribution is 2.46. The minimum atomic E-state index is -0.417. The van der Waals surface area contributed by atoms with Crippen LogP contribution in [0.3, 0.4) is 0 Å². The number of benzene rings is 1. The number of hydrogen-bond acceptors (Lipinski definition) is 3. The summed E-state index contributed by atoms with van der Waals surface area (Å²) in [6, 6.07) is 3.95. The second-order valence-electron chi connectivity index (χ2n) is 4.75. The smallest absolute Gasteiger partial charge is 0.235 e. The van der Waals surface area contributed by atoms with E-state index in [1.807, 2.05) is 19.1 Å². The average molecular weight is 310 g/mol. The Morgan fingerprint density at radius 1 is 1.39 bits per heavy atom. The summed E-state index contributed by atoms with van der Waals surface area (Å²) in [5.41, 5.74) is 1.72. The number of carbonyl (C=O) groups excluding carboxylic acids is 1. The van der Waals surface area contributed by atoms with Crippen LogP contribution in [0.25, 0.3) is 0 Å². The minimum absolute atomic E-state index is 0.417. The molecule has 1 aliphatic rings. The first-order valence-electron chi connectivity index (χ1n) is 6.06. The molecule has 0 aromatic heterocycles. The van der Waals surface area contributed by atoms with Gasteiger partial charge in [0.05, 0.1) is 12.6 Å². The SMILES string of the molecule is COc1cc(C)c(Br)c(C2(N=C=O)CCCC2)c1. The summed E-state index contributed by atoms with van der Waals surface area (Å²) < 4.78 is 6.33. The summed E-state index contributed by atoms with van der Waals surface area (Å²) >= 11 is 3.61. The van der Waals surface area contributed by atoms with Crippen LogP contribution in [-0.4, -0.2) is 13.2 Å². The van der Waals surface area contributed by atoms with E-state index in [4.69, 9.17) is 4.74 Å². The van der Waals surface area contributed by atoms with E-state index in [1.54, 1.807) is 13.2 Å². The van der Waals surface area contributed by atoms with Gasteiger partial charge in [0.1, 0.15) is 5.75 Å². The number of methoxy groups -OCH3 is 1. The maximum atomic E-state index is 10.8. The fourth-order valence-corrected chi connectivity index (χ4v) is 3.28. The molecule has 4 heteroatoms. The normalized spacial score (nSPS) is 17.3. The first kappa shape index (κ1) is 13.3. The van der Waals surface area contributed by atoms with Gasteiger partial charge in [-0.25, -0.2) is 4.79 Å². The van der Waals surface area contributed by atoms with Crippen LogP contribution in [0.2, 0.25) is 0 Å². The molecule has 0 N–H and O–H groups in total. The number of ether oxygens (including phenoxy) is 1. The molecule has 1 saturated carbocycles. The Kier molecular flexibility index (Phi) is 3.88. The number of aryl methyl sites for hydroxylation is 1. The summed E-state index contributed by atoms with van der Waals surface area (Å²) in [6.45, 7) is 2.02. The average Bonchev–Trinajstić information content (AvgIpc) is 2.82. The van der Waals surface area contributed by atoms with E-state index >= 15 is 0 Å². The highest BCUT2D eigenvalue weighted by molar-refractivity contribution is 9.10. The molecular weight excluding hydrogens is 294 g/mol. The predicted octanol–water partition coefficient (Wildman–Crippen LogP) is 3.87. The Morgan fingerprint density at radius 2 is 2.06 bits per heavy atom. The molecule has 3 nitrogen and oxygen atoms in total. The summed E-state index contributed by atoms with van der Waals surface area (Å²) in [4.78, 5) is 14.9. The standard InChI is InChI=1S/C14H16BrNO2/c1-10-7-11(18-2)8-12(13(10)15)14(16-9-17)5-3-4-6-14/h7-8H,3-6H2,1-2H3. The van der Waals surface area contributed by atoms with Crippen molar-refractivity contribution < 1.29 is 9.53 Å². The summed E-state index contributed by atoms with van der Waals surface area (Å²) in [5, 5.41) is 0. The highest BCUT2D eigenvalue weighted by Gasteiger charge is 2.37. The Morgan fingerprint density at radius 3 is 2.61 bits per heavy atom. The molecule has 0 amide bonds. The molecule has 0 saturated heterocycles. The second-order valence-corrected chi connectivity index (χ2v) is 5.54. The number of halogens is 1. The zero-order valence-electron chi connectivity index (χ0n) is 10.6. The lowest BCUT2D eigenvalue weighted by Crippen LogP contribution is -2.20.